The van der Waals surface area contributed by atoms with Crippen molar-refractivity contribution >= 4 is 6.34 Å². The third-order valence-electron chi connectivity index (χ3n) is 2.20. The Kier molecular flexibility index (Phi) is 1.84. The highest BCUT2D eigenvalue weighted by Gasteiger charge is 2.39. The third kappa shape index (κ3) is 1.12. The lowest BCUT2D eigenvalue weighted by molar-refractivity contribution is 0.0888. The summed E-state index contributed by atoms with van der Waals surface area (Å²) >= 11 is 0. The fraction of sp³-hybridized carbons (Fsp3) is 0.571. The Bertz CT molecular complexity index is 229. The number of fused-ring (bicyclic) bond motifs is 1. The van der Waals surface area contributed by atoms with Crippen molar-refractivity contribution in [2.45, 2.75) is 18.5 Å². The van der Waals surface area contributed by atoms with Crippen molar-refractivity contribution in [1.82, 2.24) is 10.6 Å². The number of nitrogens with zero attached hydrogens (tertiary/aromatic N) is 1. The summed E-state index contributed by atoms with van der Waals surface area (Å²) in [4.78, 5) is 3.86. The highest BCUT2D eigenvalue weighted by molar-refractivity contribution is 5.57. The van der Waals surface area contributed by atoms with Crippen molar-refractivity contribution in [3.05, 3.63) is 12.3 Å². The molecule has 0 bridgehead atoms. The molecule has 4 N–H and O–H groups in total. The van der Waals surface area contributed by atoms with Crippen molar-refractivity contribution in [2.24, 2.45) is 10.9 Å². The quantitative estimate of drug-likeness (QED) is 0.350. The molecule has 2 heterocycles. The van der Waals surface area contributed by atoms with Crippen LogP contribution in [0, 0.1) is 5.92 Å². The SMILES string of the molecule is OC1NC(O)C2NC=NC=CC12. The van der Waals surface area contributed by atoms with Crippen molar-refractivity contribution in [3.8, 4) is 0 Å². The molecule has 66 valence electrons. The van der Waals surface area contributed by atoms with E-state index in [1.54, 1.807) is 12.3 Å². The van der Waals surface area contributed by atoms with Crippen LogP contribution in [0.1, 0.15) is 0 Å². The van der Waals surface area contributed by atoms with Crippen LogP contribution in [0.15, 0.2) is 17.3 Å². The number of aliphatic hydroxyl groups excluding tert-OH is 2. The molecule has 5 nitrogen and oxygen atoms in total. The fourth-order valence-corrected chi connectivity index (χ4v) is 1.55. The average molecular weight is 169 g/mol. The largest absolute Gasteiger partial charge is 0.378 e. The van der Waals surface area contributed by atoms with E-state index in [1.165, 1.54) is 6.34 Å². The van der Waals surface area contributed by atoms with Gasteiger partial charge >= 0.3 is 0 Å². The molecule has 2 rings (SSSR count). The standard InChI is InChI=1S/C7H11N3O2/c11-6-4-1-2-8-3-9-5(4)7(12)10-6/h1-7,10-12H,(H,8,9). The zero-order valence-corrected chi connectivity index (χ0v) is 6.38. The minimum Gasteiger partial charge on any atom is -0.378 e. The minimum absolute atomic E-state index is 0.123. The van der Waals surface area contributed by atoms with Gasteiger partial charge in [0.15, 0.2) is 0 Å². The fourth-order valence-electron chi connectivity index (χ4n) is 1.55. The van der Waals surface area contributed by atoms with Crippen LogP contribution in [-0.4, -0.2) is 35.0 Å². The molecule has 0 amide bonds. The molecular weight excluding hydrogens is 158 g/mol. The summed E-state index contributed by atoms with van der Waals surface area (Å²) in [7, 11) is 0. The second kappa shape index (κ2) is 2.85. The van der Waals surface area contributed by atoms with E-state index in [4.69, 9.17) is 0 Å². The van der Waals surface area contributed by atoms with Crippen LogP contribution < -0.4 is 10.6 Å². The van der Waals surface area contributed by atoms with Gasteiger partial charge in [0.1, 0.15) is 12.5 Å². The first-order chi connectivity index (χ1) is 5.79. The Hall–Kier alpha value is -0.910. The van der Waals surface area contributed by atoms with Gasteiger partial charge in [0.05, 0.1) is 12.4 Å². The predicted octanol–water partition coefficient (Wildman–Crippen LogP) is -1.64. The summed E-state index contributed by atoms with van der Waals surface area (Å²) in [6, 6.07) is -0.192. The number of nitrogens with one attached hydrogen (secondary N) is 2. The summed E-state index contributed by atoms with van der Waals surface area (Å²) < 4.78 is 0. The monoisotopic (exact) mass is 169 g/mol. The molecular formula is C7H11N3O2. The zero-order valence-electron chi connectivity index (χ0n) is 6.38. The van der Waals surface area contributed by atoms with Crippen LogP contribution in [0.3, 0.4) is 0 Å². The van der Waals surface area contributed by atoms with Crippen molar-refractivity contribution < 1.29 is 10.2 Å². The predicted molar refractivity (Wildman–Crippen MR) is 43.2 cm³/mol. The van der Waals surface area contributed by atoms with Gasteiger partial charge in [-0.05, 0) is 0 Å². The molecule has 2 aliphatic rings. The third-order valence-corrected chi connectivity index (χ3v) is 2.20. The highest BCUT2D eigenvalue weighted by atomic mass is 16.3. The molecule has 1 fully saturated rings. The van der Waals surface area contributed by atoms with Gasteiger partial charge in [0, 0.05) is 12.1 Å². The molecule has 0 saturated carbocycles. The first-order valence-electron chi connectivity index (χ1n) is 3.85. The number of aliphatic imine (C=N–C) groups is 1. The maximum absolute atomic E-state index is 9.40. The highest BCUT2D eigenvalue weighted by Crippen LogP contribution is 2.20. The number of rotatable bonds is 0. The molecule has 0 aromatic rings. The Balaban J connectivity index is 2.20. The normalized spacial score (nSPS) is 45.2. The van der Waals surface area contributed by atoms with Crippen LogP contribution in [0.5, 0.6) is 0 Å². The summed E-state index contributed by atoms with van der Waals surface area (Å²) in [6.07, 6.45) is 3.48. The van der Waals surface area contributed by atoms with Crippen LogP contribution in [0.4, 0.5) is 0 Å². The first-order valence-corrected chi connectivity index (χ1v) is 3.85. The lowest BCUT2D eigenvalue weighted by Crippen LogP contribution is -2.41. The Morgan fingerprint density at radius 1 is 1.25 bits per heavy atom. The van der Waals surface area contributed by atoms with Crippen LogP contribution >= 0.6 is 0 Å². The first kappa shape index (κ1) is 7.72. The maximum atomic E-state index is 9.40. The van der Waals surface area contributed by atoms with E-state index in [0.29, 0.717) is 0 Å². The Morgan fingerprint density at radius 2 is 2.08 bits per heavy atom. The van der Waals surface area contributed by atoms with Gasteiger partial charge in [0.25, 0.3) is 0 Å². The van der Waals surface area contributed by atoms with Gasteiger partial charge < -0.3 is 15.5 Å². The Morgan fingerprint density at radius 3 is 2.92 bits per heavy atom. The molecule has 0 radical (unpaired) electrons. The van der Waals surface area contributed by atoms with Gasteiger partial charge in [-0.25, -0.2) is 4.99 Å². The molecule has 4 atom stereocenters. The van der Waals surface area contributed by atoms with Gasteiger partial charge in [-0.1, -0.05) is 6.08 Å². The molecule has 12 heavy (non-hydrogen) atoms. The summed E-state index contributed by atoms with van der Waals surface area (Å²) in [5.74, 6) is -0.123. The van der Waals surface area contributed by atoms with Crippen molar-refractivity contribution in [3.63, 3.8) is 0 Å². The topological polar surface area (TPSA) is 76.9 Å². The van der Waals surface area contributed by atoms with E-state index < -0.39 is 12.5 Å². The lowest BCUT2D eigenvalue weighted by Gasteiger charge is -2.16. The molecule has 5 heteroatoms. The molecule has 0 aromatic heterocycles. The Labute approximate surface area is 69.8 Å². The van der Waals surface area contributed by atoms with Crippen LogP contribution in [0.25, 0.3) is 0 Å². The molecule has 2 aliphatic heterocycles. The van der Waals surface area contributed by atoms with Gasteiger partial charge in [0.2, 0.25) is 0 Å². The van der Waals surface area contributed by atoms with E-state index in [-0.39, 0.29) is 12.0 Å². The lowest BCUT2D eigenvalue weighted by atomic mass is 10.0. The zero-order chi connectivity index (χ0) is 8.55. The van der Waals surface area contributed by atoms with E-state index in [2.05, 4.69) is 15.6 Å². The van der Waals surface area contributed by atoms with E-state index in [9.17, 15) is 10.2 Å². The van der Waals surface area contributed by atoms with Gasteiger partial charge in [-0.3, -0.25) is 5.32 Å². The average Bonchev–Trinajstić information content (AvgIpc) is 2.29. The van der Waals surface area contributed by atoms with Crippen molar-refractivity contribution in [2.75, 3.05) is 0 Å². The smallest absolute Gasteiger partial charge is 0.127 e. The second-order valence-corrected chi connectivity index (χ2v) is 2.95. The number of hydrogen-bond acceptors (Lipinski definition) is 5. The molecule has 0 spiro atoms. The summed E-state index contributed by atoms with van der Waals surface area (Å²) in [5.41, 5.74) is 0. The van der Waals surface area contributed by atoms with E-state index >= 15 is 0 Å². The summed E-state index contributed by atoms with van der Waals surface area (Å²) in [6.45, 7) is 0. The van der Waals surface area contributed by atoms with Gasteiger partial charge in [-0.15, -0.1) is 0 Å². The van der Waals surface area contributed by atoms with E-state index in [1.807, 2.05) is 0 Å². The molecule has 4 unspecified atom stereocenters. The summed E-state index contributed by atoms with van der Waals surface area (Å²) in [5, 5.41) is 24.3. The number of hydrogen-bond donors (Lipinski definition) is 4. The van der Waals surface area contributed by atoms with Gasteiger partial charge in [-0.2, -0.15) is 0 Å². The number of aliphatic hydroxyl groups is 2. The molecule has 0 aromatic carbocycles. The molecule has 0 aliphatic carbocycles. The van der Waals surface area contributed by atoms with Crippen LogP contribution in [0.2, 0.25) is 0 Å². The van der Waals surface area contributed by atoms with E-state index in [0.717, 1.165) is 0 Å². The van der Waals surface area contributed by atoms with Crippen LogP contribution in [-0.2, 0) is 0 Å². The van der Waals surface area contributed by atoms with Crippen molar-refractivity contribution in [1.29, 1.82) is 0 Å². The maximum Gasteiger partial charge on any atom is 0.127 e. The minimum atomic E-state index is -0.723. The second-order valence-electron chi connectivity index (χ2n) is 2.95. The molecule has 1 saturated heterocycles.